The largest absolute Gasteiger partial charge is 1.00 e. The van der Waals surface area contributed by atoms with Crippen LogP contribution in [-0.2, 0) is 16.5 Å². The third-order valence-electron chi connectivity index (χ3n) is 3.26. The van der Waals surface area contributed by atoms with Crippen LogP contribution in [0.5, 0.6) is 0 Å². The molecule has 1 aromatic rings. The first-order valence-electron chi connectivity index (χ1n) is 7.09. The average Bonchev–Trinajstić information content (AvgIpc) is 2.37. The minimum atomic E-state index is -4.32. The molecule has 0 heterocycles. The predicted molar refractivity (Wildman–Crippen MR) is 76.1 cm³/mol. The Labute approximate surface area is 135 Å². The second-order valence-corrected chi connectivity index (χ2v) is 6.35. The van der Waals surface area contributed by atoms with E-state index in [1.54, 1.807) is 6.07 Å². The molecule has 5 heteroatoms. The van der Waals surface area contributed by atoms with Gasteiger partial charge in [0.05, 0.1) is 4.90 Å². The molecule has 1 rings (SSSR count). The summed E-state index contributed by atoms with van der Waals surface area (Å²) in [7, 11) is -4.32. The molecule has 0 aliphatic rings. The molecule has 0 N–H and O–H groups in total. The molecule has 1 aromatic carbocycles. The number of aryl methyl sites for hydroxylation is 1. The van der Waals surface area contributed by atoms with Gasteiger partial charge in [0.25, 0.3) is 0 Å². The number of hydrogen-bond donors (Lipinski definition) is 0. The van der Waals surface area contributed by atoms with Crippen molar-refractivity contribution in [1.29, 1.82) is 0 Å². The van der Waals surface area contributed by atoms with E-state index in [1.165, 1.54) is 44.2 Å². The van der Waals surface area contributed by atoms with Crippen molar-refractivity contribution < 1.29 is 31.8 Å². The quantitative estimate of drug-likeness (QED) is 0.385. The maximum atomic E-state index is 10.9. The summed E-state index contributed by atoms with van der Waals surface area (Å²) in [5, 5.41) is 0. The van der Waals surface area contributed by atoms with Crippen molar-refractivity contribution in [3.8, 4) is 0 Å². The van der Waals surface area contributed by atoms with Crippen molar-refractivity contribution >= 4 is 10.1 Å². The van der Waals surface area contributed by atoms with Gasteiger partial charge in [-0.3, -0.25) is 0 Å². The molecule has 0 aliphatic carbocycles. The van der Waals surface area contributed by atoms with Crippen molar-refractivity contribution in [2.24, 2.45) is 0 Å². The molecule has 0 saturated carbocycles. The van der Waals surface area contributed by atoms with E-state index >= 15 is 0 Å². The van der Waals surface area contributed by atoms with Gasteiger partial charge in [-0.05, 0) is 30.5 Å². The Hall–Kier alpha value is -0.273. The maximum absolute atomic E-state index is 10.9. The molecule has 0 radical (unpaired) electrons. The number of rotatable bonds is 9. The zero-order valence-corrected chi connectivity index (χ0v) is 13.4. The second-order valence-electron chi connectivity index (χ2n) is 4.97. The molecule has 0 fully saturated rings. The molecule has 0 aliphatic heterocycles. The third kappa shape index (κ3) is 8.11. The molecule has 0 amide bonds. The fraction of sp³-hybridized carbons (Fsp3) is 0.600. The fourth-order valence-corrected chi connectivity index (χ4v) is 2.68. The number of benzene rings is 1. The number of unbranched alkanes of at least 4 members (excludes halogenated alkanes) is 6. The molecule has 0 saturated heterocycles. The fourth-order valence-electron chi connectivity index (χ4n) is 2.14. The molecular weight excluding hydrogens is 267 g/mol. The summed E-state index contributed by atoms with van der Waals surface area (Å²) in [5.41, 5.74) is 0.936. The normalized spacial score (nSPS) is 11.1. The van der Waals surface area contributed by atoms with E-state index in [0.717, 1.165) is 24.8 Å². The summed E-state index contributed by atoms with van der Waals surface area (Å²) in [4.78, 5) is -0.118. The molecule has 0 spiro atoms. The van der Waals surface area contributed by atoms with Crippen LogP contribution in [0.25, 0.3) is 0 Å². The van der Waals surface area contributed by atoms with E-state index < -0.39 is 10.1 Å². The molecule has 20 heavy (non-hydrogen) atoms. The number of hydrogen-bond acceptors (Lipinski definition) is 3. The molecule has 3 nitrogen and oxygen atoms in total. The smallest absolute Gasteiger partial charge is 0.744 e. The zero-order valence-electron chi connectivity index (χ0n) is 12.6. The van der Waals surface area contributed by atoms with Gasteiger partial charge < -0.3 is 4.55 Å². The first-order chi connectivity index (χ1) is 9.04. The Morgan fingerprint density at radius 2 is 1.60 bits per heavy atom. The molecule has 108 valence electrons. The second kappa shape index (κ2) is 10.5. The van der Waals surface area contributed by atoms with Crippen LogP contribution in [0.2, 0.25) is 0 Å². The van der Waals surface area contributed by atoms with E-state index in [9.17, 15) is 13.0 Å². The Balaban J connectivity index is 0.00000361. The van der Waals surface area contributed by atoms with Gasteiger partial charge in [0.15, 0.2) is 0 Å². The molecule has 0 unspecified atom stereocenters. The van der Waals surface area contributed by atoms with Crippen LogP contribution in [0.1, 0.15) is 57.4 Å². The van der Waals surface area contributed by atoms with Crippen LogP contribution in [0, 0.1) is 0 Å². The predicted octanol–water partition coefficient (Wildman–Crippen LogP) is 0.888. The summed E-state index contributed by atoms with van der Waals surface area (Å²) in [6, 6.07) is 6.38. The van der Waals surface area contributed by atoms with Crippen molar-refractivity contribution in [3.63, 3.8) is 0 Å². The third-order valence-corrected chi connectivity index (χ3v) is 4.09. The van der Waals surface area contributed by atoms with Gasteiger partial charge in [0.1, 0.15) is 10.1 Å². The Kier molecular flexibility index (Phi) is 10.3. The maximum Gasteiger partial charge on any atom is 1.00 e. The van der Waals surface area contributed by atoms with Gasteiger partial charge in [0, 0.05) is 0 Å². The van der Waals surface area contributed by atoms with Gasteiger partial charge >= 0.3 is 18.9 Å². The summed E-state index contributed by atoms with van der Waals surface area (Å²) in [6.07, 6.45) is 9.45. The van der Waals surface area contributed by atoms with Crippen molar-refractivity contribution in [2.75, 3.05) is 0 Å². The summed E-state index contributed by atoms with van der Waals surface area (Å²) in [5.74, 6) is 0. The van der Waals surface area contributed by atoms with Gasteiger partial charge in [-0.25, -0.2) is 8.42 Å². The first-order valence-corrected chi connectivity index (χ1v) is 8.49. The van der Waals surface area contributed by atoms with Crippen LogP contribution in [0.4, 0.5) is 0 Å². The minimum Gasteiger partial charge on any atom is -0.744 e. The van der Waals surface area contributed by atoms with E-state index in [0.29, 0.717) is 0 Å². The van der Waals surface area contributed by atoms with Gasteiger partial charge in [0.2, 0.25) is 0 Å². The van der Waals surface area contributed by atoms with E-state index in [1.807, 2.05) is 6.07 Å². The zero-order chi connectivity index (χ0) is 14.1. The van der Waals surface area contributed by atoms with Crippen molar-refractivity contribution in [2.45, 2.75) is 63.2 Å². The van der Waals surface area contributed by atoms with E-state index in [2.05, 4.69) is 6.92 Å². The molecular formula is C15H23LiO3S. The van der Waals surface area contributed by atoms with Crippen LogP contribution in [0.15, 0.2) is 29.2 Å². The van der Waals surface area contributed by atoms with Crippen LogP contribution in [-0.4, -0.2) is 13.0 Å². The minimum absolute atomic E-state index is 0. The first kappa shape index (κ1) is 19.7. The monoisotopic (exact) mass is 290 g/mol. The topological polar surface area (TPSA) is 57.2 Å². The van der Waals surface area contributed by atoms with E-state index in [-0.39, 0.29) is 23.8 Å². The van der Waals surface area contributed by atoms with Gasteiger partial charge in [-0.1, -0.05) is 57.6 Å². The van der Waals surface area contributed by atoms with Crippen molar-refractivity contribution in [3.05, 3.63) is 29.8 Å². The van der Waals surface area contributed by atoms with Gasteiger partial charge in [-0.15, -0.1) is 0 Å². The summed E-state index contributed by atoms with van der Waals surface area (Å²) in [6.45, 7) is 2.21. The van der Waals surface area contributed by atoms with Crippen LogP contribution < -0.4 is 18.9 Å². The standard InChI is InChI=1S/C15H24O3S.Li/c1-2-3-4-5-6-7-8-10-14-11-9-12-15(13-14)19(16,17)18;/h9,11-13H,2-8,10H2,1H3,(H,16,17,18);/q;+1/p-1. The Morgan fingerprint density at radius 3 is 2.20 bits per heavy atom. The Morgan fingerprint density at radius 1 is 1.00 bits per heavy atom. The summed E-state index contributed by atoms with van der Waals surface area (Å²) >= 11 is 0. The van der Waals surface area contributed by atoms with Crippen LogP contribution in [0.3, 0.4) is 0 Å². The SMILES string of the molecule is CCCCCCCCCc1cccc(S(=O)(=O)[O-])c1.[Li+]. The average molecular weight is 290 g/mol. The summed E-state index contributed by atoms with van der Waals surface area (Å²) < 4.78 is 32.7. The Bertz CT molecular complexity index is 472. The van der Waals surface area contributed by atoms with E-state index in [4.69, 9.17) is 0 Å². The molecule has 0 atom stereocenters. The van der Waals surface area contributed by atoms with Crippen molar-refractivity contribution in [1.82, 2.24) is 0 Å². The molecule has 0 bridgehead atoms. The van der Waals surface area contributed by atoms with Gasteiger partial charge in [-0.2, -0.15) is 0 Å². The molecule has 0 aromatic heterocycles. The van der Waals surface area contributed by atoms with Crippen LogP contribution >= 0.6 is 0 Å².